The molecule has 4 aromatic rings. The number of hydrogen-bond donors (Lipinski definition) is 3. The van der Waals surface area contributed by atoms with Crippen molar-refractivity contribution in [1.82, 2.24) is 40.1 Å². The van der Waals surface area contributed by atoms with Crippen LogP contribution in [0.5, 0.6) is 11.8 Å². The number of H-pyrrole nitrogens is 2. The number of aromatic amines is 2. The van der Waals surface area contributed by atoms with E-state index in [9.17, 15) is 5.11 Å². The molecule has 0 aliphatic carbocycles. The molecule has 198 valence electrons. The van der Waals surface area contributed by atoms with Crippen molar-refractivity contribution in [3.8, 4) is 29.1 Å². The van der Waals surface area contributed by atoms with E-state index >= 15 is 0 Å². The molecule has 12 nitrogen and oxygen atoms in total. The summed E-state index contributed by atoms with van der Waals surface area (Å²) < 4.78 is 13.8. The number of nitrogens with one attached hydrogen (secondary N) is 2. The van der Waals surface area contributed by atoms with E-state index in [2.05, 4.69) is 42.3 Å². The first-order valence-electron chi connectivity index (χ1n) is 12.6. The van der Waals surface area contributed by atoms with Crippen molar-refractivity contribution in [2.75, 3.05) is 26.3 Å². The Morgan fingerprint density at radius 3 is 2.92 bits per heavy atom. The van der Waals surface area contributed by atoms with Crippen LogP contribution in [0.25, 0.3) is 34.3 Å². The second-order valence-corrected chi connectivity index (χ2v) is 9.43. The Kier molecular flexibility index (Phi) is 7.13. The zero-order valence-electron chi connectivity index (χ0n) is 21.9. The fourth-order valence-corrected chi connectivity index (χ4v) is 4.70. The van der Waals surface area contributed by atoms with Crippen LogP contribution >= 0.6 is 0 Å². The van der Waals surface area contributed by atoms with E-state index in [0.717, 1.165) is 45.7 Å². The zero-order valence-corrected chi connectivity index (χ0v) is 21.9. The molecule has 0 aromatic carbocycles. The van der Waals surface area contributed by atoms with Crippen molar-refractivity contribution in [1.29, 1.82) is 5.26 Å². The number of nitrogens with zero attached hydrogens (tertiary/aromatic N) is 7. The lowest BCUT2D eigenvalue weighted by atomic mass is 10.1. The molecular formula is C26H31N9O3. The molecule has 0 radical (unpaired) electrons. The summed E-state index contributed by atoms with van der Waals surface area (Å²) in [7, 11) is 0. The van der Waals surface area contributed by atoms with Gasteiger partial charge in [-0.2, -0.15) is 10.4 Å². The number of aliphatic hydroxyl groups is 1. The quantitative estimate of drug-likeness (QED) is 0.362. The minimum atomic E-state index is -0.291. The van der Waals surface area contributed by atoms with Crippen LogP contribution in [0.15, 0.2) is 12.3 Å². The van der Waals surface area contributed by atoms with Gasteiger partial charge >= 0.3 is 0 Å². The first kappa shape index (κ1) is 25.4. The van der Waals surface area contributed by atoms with E-state index in [0.29, 0.717) is 30.5 Å². The summed E-state index contributed by atoms with van der Waals surface area (Å²) in [5, 5.41) is 39.6. The van der Waals surface area contributed by atoms with E-state index in [-0.39, 0.29) is 25.4 Å². The van der Waals surface area contributed by atoms with Crippen LogP contribution in [-0.4, -0.2) is 77.6 Å². The van der Waals surface area contributed by atoms with Crippen LogP contribution in [0.1, 0.15) is 49.5 Å². The molecule has 5 rings (SSSR count). The summed E-state index contributed by atoms with van der Waals surface area (Å²) in [6.07, 6.45) is 5.37. The molecule has 1 aliphatic heterocycles. The number of likely N-dealkylation sites (N-methyl/N-ethyl adjacent to an activating group) is 1. The lowest BCUT2D eigenvalue weighted by Crippen LogP contribution is -2.34. The summed E-state index contributed by atoms with van der Waals surface area (Å²) in [5.41, 5.74) is 5.50. The summed E-state index contributed by atoms with van der Waals surface area (Å²) in [5.74, 6) is 0.834. The van der Waals surface area contributed by atoms with Crippen molar-refractivity contribution in [3.05, 3.63) is 34.9 Å². The van der Waals surface area contributed by atoms with Gasteiger partial charge in [-0.25, -0.2) is 0 Å². The maximum atomic E-state index is 9.96. The van der Waals surface area contributed by atoms with Gasteiger partial charge in [0.05, 0.1) is 52.6 Å². The topological polar surface area (TPSA) is 154 Å². The molecule has 4 aromatic heterocycles. The Labute approximate surface area is 219 Å². The SMILES string of the molecule is CCN1Cc2c(c(OCC#N)nn2C(C)CO)/C=C/c2n[nH]c3cnc(cc23)-c2c(n[nH]c2C)OC(C)C1. The number of aliphatic hydroxyl groups excluding tert-OH is 1. The zero-order chi connectivity index (χ0) is 26.8. The van der Waals surface area contributed by atoms with Gasteiger partial charge in [-0.1, -0.05) is 6.92 Å². The van der Waals surface area contributed by atoms with E-state index < -0.39 is 0 Å². The summed E-state index contributed by atoms with van der Waals surface area (Å²) >= 11 is 0. The van der Waals surface area contributed by atoms with Crippen molar-refractivity contribution >= 4 is 23.1 Å². The molecule has 0 saturated carbocycles. The predicted molar refractivity (Wildman–Crippen MR) is 141 cm³/mol. The van der Waals surface area contributed by atoms with E-state index in [1.165, 1.54) is 0 Å². The van der Waals surface area contributed by atoms with Crippen LogP contribution in [0.4, 0.5) is 0 Å². The summed E-state index contributed by atoms with van der Waals surface area (Å²) in [6.45, 7) is 9.58. The number of fused-ring (bicyclic) bond motifs is 4. The molecule has 2 bridgehead atoms. The standard InChI is InChI=1S/C26H31N9O3/c1-5-34-12-16(3)38-26-24(17(4)29-32-26)21-10-19-20(30-31-22(19)11-28-21)7-6-18-23(13-34)35(15(2)14-36)33-25(18)37-9-8-27/h6-7,10-11,15-16,36H,5,9,12-14H2,1-4H3,(H,29,32)(H,30,31)/b7-6+. The Morgan fingerprint density at radius 2 is 2.16 bits per heavy atom. The van der Waals surface area contributed by atoms with Crippen LogP contribution in [-0.2, 0) is 6.54 Å². The lowest BCUT2D eigenvalue weighted by Gasteiger charge is -2.26. The lowest BCUT2D eigenvalue weighted by molar-refractivity contribution is 0.137. The van der Waals surface area contributed by atoms with Crippen molar-refractivity contribution in [3.63, 3.8) is 0 Å². The Bertz CT molecular complexity index is 1510. The molecule has 3 N–H and O–H groups in total. The number of ether oxygens (including phenoxy) is 2. The van der Waals surface area contributed by atoms with Gasteiger partial charge in [0.2, 0.25) is 11.8 Å². The summed E-state index contributed by atoms with van der Waals surface area (Å²) in [6, 6.07) is 3.69. The normalized spacial score (nSPS) is 17.6. The van der Waals surface area contributed by atoms with E-state index in [4.69, 9.17) is 14.7 Å². The Morgan fingerprint density at radius 1 is 1.32 bits per heavy atom. The highest BCUT2D eigenvalue weighted by Crippen LogP contribution is 2.34. The second kappa shape index (κ2) is 10.6. The van der Waals surface area contributed by atoms with Crippen LogP contribution < -0.4 is 9.47 Å². The molecule has 0 saturated heterocycles. The van der Waals surface area contributed by atoms with Gasteiger partial charge in [0, 0.05) is 24.2 Å². The highest BCUT2D eigenvalue weighted by molar-refractivity contribution is 5.92. The molecule has 0 fully saturated rings. The van der Waals surface area contributed by atoms with Crippen molar-refractivity contribution in [2.24, 2.45) is 0 Å². The van der Waals surface area contributed by atoms with Crippen molar-refractivity contribution in [2.45, 2.75) is 46.4 Å². The predicted octanol–water partition coefficient (Wildman–Crippen LogP) is 3.08. The molecular weight excluding hydrogens is 486 g/mol. The van der Waals surface area contributed by atoms with Gasteiger partial charge in [-0.15, -0.1) is 10.2 Å². The smallest absolute Gasteiger partial charge is 0.242 e. The third kappa shape index (κ3) is 4.73. The molecule has 2 unspecified atom stereocenters. The monoisotopic (exact) mass is 517 g/mol. The third-order valence-corrected chi connectivity index (χ3v) is 6.68. The number of aromatic nitrogens is 7. The van der Waals surface area contributed by atoms with Gasteiger partial charge < -0.3 is 14.6 Å². The highest BCUT2D eigenvalue weighted by Gasteiger charge is 2.25. The third-order valence-electron chi connectivity index (χ3n) is 6.68. The highest BCUT2D eigenvalue weighted by atomic mass is 16.5. The number of pyridine rings is 1. The van der Waals surface area contributed by atoms with E-state index in [1.54, 1.807) is 10.9 Å². The maximum Gasteiger partial charge on any atom is 0.242 e. The first-order chi connectivity index (χ1) is 18.4. The second-order valence-electron chi connectivity index (χ2n) is 9.43. The molecule has 12 heteroatoms. The number of hydrogen-bond acceptors (Lipinski definition) is 9. The van der Waals surface area contributed by atoms with Crippen LogP contribution in [0, 0.1) is 18.3 Å². The number of nitriles is 1. The number of aryl methyl sites for hydroxylation is 1. The summed E-state index contributed by atoms with van der Waals surface area (Å²) in [4.78, 5) is 6.88. The molecule has 38 heavy (non-hydrogen) atoms. The maximum absolute atomic E-state index is 9.96. The Balaban J connectivity index is 1.71. The van der Waals surface area contributed by atoms with Crippen molar-refractivity contribution < 1.29 is 14.6 Å². The number of rotatable bonds is 5. The van der Waals surface area contributed by atoms with Gasteiger partial charge in [-0.3, -0.25) is 24.8 Å². The first-order valence-corrected chi connectivity index (χ1v) is 12.6. The molecule has 5 heterocycles. The van der Waals surface area contributed by atoms with Gasteiger partial charge in [0.1, 0.15) is 12.2 Å². The fraction of sp³-hybridized carbons (Fsp3) is 0.423. The van der Waals surface area contributed by atoms with Gasteiger partial charge in [-0.05, 0) is 45.5 Å². The average Bonchev–Trinajstić information content (AvgIpc) is 3.59. The van der Waals surface area contributed by atoms with Gasteiger partial charge in [0.15, 0.2) is 6.61 Å². The largest absolute Gasteiger partial charge is 0.472 e. The fourth-order valence-electron chi connectivity index (χ4n) is 4.70. The molecule has 0 amide bonds. The van der Waals surface area contributed by atoms with Crippen LogP contribution in [0.2, 0.25) is 0 Å². The Hall–Kier alpha value is -4.21. The average molecular weight is 518 g/mol. The molecule has 1 aliphatic rings. The molecule has 0 spiro atoms. The minimum Gasteiger partial charge on any atom is -0.472 e. The van der Waals surface area contributed by atoms with Gasteiger partial charge in [0.25, 0.3) is 0 Å². The molecule has 2 atom stereocenters. The van der Waals surface area contributed by atoms with Crippen LogP contribution in [0.3, 0.4) is 0 Å². The minimum absolute atomic E-state index is 0.0950. The van der Waals surface area contributed by atoms with E-state index in [1.807, 2.05) is 45.1 Å².